The van der Waals surface area contributed by atoms with Gasteiger partial charge in [0.1, 0.15) is 0 Å². The van der Waals surface area contributed by atoms with Gasteiger partial charge in [0.25, 0.3) is 0 Å². The van der Waals surface area contributed by atoms with Crippen molar-refractivity contribution < 1.29 is 14.6 Å². The fraction of sp³-hybridized carbons (Fsp3) is 1.00. The number of aliphatic hydroxyl groups excluding tert-OH is 1. The largest absolute Gasteiger partial charge is 0.396 e. The topological polar surface area (TPSA) is 38.7 Å². The van der Waals surface area contributed by atoms with Gasteiger partial charge in [0.2, 0.25) is 0 Å². The molecule has 1 aliphatic carbocycles. The predicted octanol–water partition coefficient (Wildman–Crippen LogP) is 0.909. The molecule has 0 radical (unpaired) electrons. The molecular weight excluding hydrogens is 156 g/mol. The molecule has 70 valence electrons. The van der Waals surface area contributed by atoms with Gasteiger partial charge in [-0.05, 0) is 26.7 Å². The summed E-state index contributed by atoms with van der Waals surface area (Å²) in [6.07, 6.45) is 2.41. The Morgan fingerprint density at radius 3 is 2.75 bits per heavy atom. The van der Waals surface area contributed by atoms with Gasteiger partial charge in [-0.1, -0.05) is 0 Å². The van der Waals surface area contributed by atoms with Crippen LogP contribution in [0.2, 0.25) is 0 Å². The van der Waals surface area contributed by atoms with Crippen molar-refractivity contribution in [2.75, 3.05) is 6.61 Å². The van der Waals surface area contributed by atoms with Crippen molar-refractivity contribution in [3.8, 4) is 0 Å². The number of aliphatic hydroxyl groups is 1. The van der Waals surface area contributed by atoms with Gasteiger partial charge in [0.15, 0.2) is 5.79 Å². The Bertz CT molecular complexity index is 179. The molecule has 1 aliphatic heterocycles. The third-order valence-electron chi connectivity index (χ3n) is 2.74. The zero-order chi connectivity index (χ0) is 8.77. The second-order valence-electron chi connectivity index (χ2n) is 4.16. The Morgan fingerprint density at radius 2 is 2.08 bits per heavy atom. The lowest BCUT2D eigenvalue weighted by Gasteiger charge is -2.20. The first-order valence-electron chi connectivity index (χ1n) is 4.59. The summed E-state index contributed by atoms with van der Waals surface area (Å²) in [5.41, 5.74) is 0. The minimum atomic E-state index is -0.441. The molecule has 2 rings (SSSR count). The molecule has 1 saturated heterocycles. The quantitative estimate of drug-likeness (QED) is 0.639. The van der Waals surface area contributed by atoms with Gasteiger partial charge in [-0.3, -0.25) is 0 Å². The van der Waals surface area contributed by atoms with E-state index in [4.69, 9.17) is 14.6 Å². The Balaban J connectivity index is 2.06. The van der Waals surface area contributed by atoms with Crippen molar-refractivity contribution in [3.05, 3.63) is 0 Å². The van der Waals surface area contributed by atoms with Crippen LogP contribution in [0.5, 0.6) is 0 Å². The maximum absolute atomic E-state index is 9.05. The Labute approximate surface area is 72.7 Å². The zero-order valence-electron chi connectivity index (χ0n) is 7.62. The summed E-state index contributed by atoms with van der Waals surface area (Å²) in [5, 5.41) is 9.05. The smallest absolute Gasteiger partial charge is 0.163 e. The number of ether oxygens (including phenoxy) is 2. The first-order valence-corrected chi connectivity index (χ1v) is 4.59. The molecule has 3 atom stereocenters. The van der Waals surface area contributed by atoms with Crippen molar-refractivity contribution in [1.82, 2.24) is 0 Å². The summed E-state index contributed by atoms with van der Waals surface area (Å²) in [7, 11) is 0. The molecule has 0 bridgehead atoms. The number of rotatable bonds is 1. The van der Waals surface area contributed by atoms with E-state index in [0.717, 1.165) is 12.8 Å². The maximum atomic E-state index is 9.05. The monoisotopic (exact) mass is 172 g/mol. The predicted molar refractivity (Wildman–Crippen MR) is 43.6 cm³/mol. The highest BCUT2D eigenvalue weighted by Gasteiger charge is 2.48. The fourth-order valence-electron chi connectivity index (χ4n) is 2.22. The van der Waals surface area contributed by atoms with Crippen LogP contribution in [0.15, 0.2) is 0 Å². The number of hydrogen-bond acceptors (Lipinski definition) is 3. The van der Waals surface area contributed by atoms with Gasteiger partial charge in [-0.15, -0.1) is 0 Å². The van der Waals surface area contributed by atoms with Crippen LogP contribution in [0.4, 0.5) is 0 Å². The molecule has 2 fully saturated rings. The molecule has 3 heteroatoms. The molecule has 0 spiro atoms. The van der Waals surface area contributed by atoms with E-state index in [-0.39, 0.29) is 24.7 Å². The van der Waals surface area contributed by atoms with Crippen LogP contribution in [0.1, 0.15) is 26.7 Å². The van der Waals surface area contributed by atoms with Crippen molar-refractivity contribution in [3.63, 3.8) is 0 Å². The minimum Gasteiger partial charge on any atom is -0.396 e. The molecule has 0 unspecified atom stereocenters. The minimum absolute atomic E-state index is 0.130. The lowest BCUT2D eigenvalue weighted by atomic mass is 10.1. The van der Waals surface area contributed by atoms with Gasteiger partial charge < -0.3 is 14.6 Å². The third-order valence-corrected chi connectivity index (χ3v) is 2.74. The highest BCUT2D eigenvalue weighted by Crippen LogP contribution is 2.40. The van der Waals surface area contributed by atoms with E-state index in [2.05, 4.69) is 0 Å². The highest BCUT2D eigenvalue weighted by atomic mass is 16.8. The maximum Gasteiger partial charge on any atom is 0.163 e. The summed E-state index contributed by atoms with van der Waals surface area (Å²) in [6, 6.07) is 0. The zero-order valence-corrected chi connectivity index (χ0v) is 7.62. The molecule has 1 N–H and O–H groups in total. The van der Waals surface area contributed by atoms with E-state index in [9.17, 15) is 0 Å². The molecule has 3 nitrogen and oxygen atoms in total. The average Bonchev–Trinajstić information content (AvgIpc) is 2.42. The summed E-state index contributed by atoms with van der Waals surface area (Å²) in [6.45, 7) is 4.08. The first-order chi connectivity index (χ1) is 5.62. The summed E-state index contributed by atoms with van der Waals surface area (Å²) < 4.78 is 11.4. The summed E-state index contributed by atoms with van der Waals surface area (Å²) in [5.74, 6) is -0.153. The van der Waals surface area contributed by atoms with E-state index in [0.29, 0.717) is 0 Å². The molecule has 0 aromatic heterocycles. The van der Waals surface area contributed by atoms with Crippen molar-refractivity contribution in [2.24, 2.45) is 5.92 Å². The number of fused-ring (bicyclic) bond motifs is 1. The first kappa shape index (κ1) is 8.48. The van der Waals surface area contributed by atoms with Crippen LogP contribution in [0.25, 0.3) is 0 Å². The van der Waals surface area contributed by atoms with Crippen molar-refractivity contribution >= 4 is 0 Å². The Hall–Kier alpha value is -0.120. The van der Waals surface area contributed by atoms with E-state index in [1.807, 2.05) is 13.8 Å². The van der Waals surface area contributed by atoms with Crippen LogP contribution >= 0.6 is 0 Å². The van der Waals surface area contributed by atoms with Gasteiger partial charge in [-0.2, -0.15) is 0 Å². The van der Waals surface area contributed by atoms with Gasteiger partial charge >= 0.3 is 0 Å². The standard InChI is InChI=1S/C9H16O3/c1-9(2)11-7-4-3-6(5-10)8(7)12-9/h6-8,10H,3-5H2,1-2H3/t6-,7-,8+/m1/s1. The van der Waals surface area contributed by atoms with Crippen LogP contribution in [0, 0.1) is 5.92 Å². The summed E-state index contributed by atoms with van der Waals surface area (Å²) >= 11 is 0. The van der Waals surface area contributed by atoms with E-state index < -0.39 is 5.79 Å². The van der Waals surface area contributed by atoms with Crippen molar-refractivity contribution in [2.45, 2.75) is 44.7 Å². The van der Waals surface area contributed by atoms with Gasteiger partial charge in [0.05, 0.1) is 12.2 Å². The molecular formula is C9H16O3. The van der Waals surface area contributed by atoms with Gasteiger partial charge in [0, 0.05) is 12.5 Å². The van der Waals surface area contributed by atoms with Crippen LogP contribution in [0.3, 0.4) is 0 Å². The van der Waals surface area contributed by atoms with E-state index in [1.165, 1.54) is 0 Å². The highest BCUT2D eigenvalue weighted by molar-refractivity contribution is 4.92. The lowest BCUT2D eigenvalue weighted by Crippen LogP contribution is -2.26. The second kappa shape index (κ2) is 2.69. The number of hydrogen-bond donors (Lipinski definition) is 1. The van der Waals surface area contributed by atoms with Crippen LogP contribution < -0.4 is 0 Å². The van der Waals surface area contributed by atoms with Gasteiger partial charge in [-0.25, -0.2) is 0 Å². The molecule has 2 aliphatic rings. The molecule has 1 heterocycles. The van der Waals surface area contributed by atoms with Crippen LogP contribution in [-0.2, 0) is 9.47 Å². The normalized spacial score (nSPS) is 44.8. The van der Waals surface area contributed by atoms with E-state index in [1.54, 1.807) is 0 Å². The molecule has 1 saturated carbocycles. The SMILES string of the molecule is CC1(C)O[C@H]2[C@@H](CO)CC[C@H]2O1. The molecule has 0 aromatic carbocycles. The van der Waals surface area contributed by atoms with E-state index >= 15 is 0 Å². The average molecular weight is 172 g/mol. The Kier molecular flexibility index (Phi) is 1.90. The second-order valence-corrected chi connectivity index (χ2v) is 4.16. The Morgan fingerprint density at radius 1 is 1.33 bits per heavy atom. The molecule has 0 amide bonds. The lowest BCUT2D eigenvalue weighted by molar-refractivity contribution is -0.157. The van der Waals surface area contributed by atoms with Crippen LogP contribution in [-0.4, -0.2) is 29.7 Å². The molecule has 0 aromatic rings. The molecule has 12 heavy (non-hydrogen) atoms. The summed E-state index contributed by atoms with van der Waals surface area (Å²) in [4.78, 5) is 0. The third kappa shape index (κ3) is 1.26. The van der Waals surface area contributed by atoms with Crippen molar-refractivity contribution in [1.29, 1.82) is 0 Å². The fourth-order valence-corrected chi connectivity index (χ4v) is 2.22.